The third kappa shape index (κ3) is 5.18. The normalized spacial score (nSPS) is 20.5. The summed E-state index contributed by atoms with van der Waals surface area (Å²) in [5, 5.41) is 0. The van der Waals surface area contributed by atoms with Crippen LogP contribution in [-0.4, -0.2) is 38.7 Å². The Labute approximate surface area is 130 Å². The number of nitrogens with two attached hydrogens (primary N) is 1. The molecule has 0 aliphatic carbocycles. The number of thioether (sulfide) groups is 1. The topological polar surface area (TPSA) is 81.4 Å². The van der Waals surface area contributed by atoms with Gasteiger partial charge < -0.3 is 10.5 Å². The van der Waals surface area contributed by atoms with Crippen molar-refractivity contribution in [2.45, 2.75) is 36.8 Å². The molecule has 2 atom stereocenters. The third-order valence-electron chi connectivity index (χ3n) is 3.42. The van der Waals surface area contributed by atoms with Gasteiger partial charge in [0.15, 0.2) is 0 Å². The Hall–Kier alpha value is -0.760. The quantitative estimate of drug-likeness (QED) is 0.589. The van der Waals surface area contributed by atoms with Crippen LogP contribution in [0.15, 0.2) is 29.2 Å². The van der Waals surface area contributed by atoms with Gasteiger partial charge in [0.1, 0.15) is 0 Å². The summed E-state index contributed by atoms with van der Waals surface area (Å²) in [6.07, 6.45) is 1.91. The molecule has 0 amide bonds. The molecule has 1 heterocycles. The number of ether oxygens (including phenoxy) is 1. The number of hydrogen-bond acceptors (Lipinski definition) is 5. The number of benzene rings is 1. The fourth-order valence-electron chi connectivity index (χ4n) is 2.29. The van der Waals surface area contributed by atoms with Gasteiger partial charge in [-0.15, -0.1) is 11.8 Å². The zero-order valence-electron chi connectivity index (χ0n) is 12.1. The number of rotatable bonds is 7. The molecule has 2 unspecified atom stereocenters. The van der Waals surface area contributed by atoms with Gasteiger partial charge in [-0.2, -0.15) is 0 Å². The van der Waals surface area contributed by atoms with Gasteiger partial charge in [0.2, 0.25) is 10.0 Å². The fourth-order valence-corrected chi connectivity index (χ4v) is 4.96. The molecule has 1 aromatic carbocycles. The highest BCUT2D eigenvalue weighted by Crippen LogP contribution is 2.24. The van der Waals surface area contributed by atoms with E-state index in [-0.39, 0.29) is 17.9 Å². The first-order valence-electron chi connectivity index (χ1n) is 7.07. The molecule has 1 saturated heterocycles. The molecule has 0 spiro atoms. The molecule has 118 valence electrons. The molecule has 5 nitrogen and oxygen atoms in total. The van der Waals surface area contributed by atoms with Crippen LogP contribution in [-0.2, 0) is 14.8 Å². The molecule has 1 fully saturated rings. The van der Waals surface area contributed by atoms with Gasteiger partial charge in [0.05, 0.1) is 11.9 Å². The van der Waals surface area contributed by atoms with Gasteiger partial charge in [-0.05, 0) is 31.9 Å². The number of nitrogens with one attached hydrogen (secondary N) is 1. The first kappa shape index (κ1) is 16.6. The second-order valence-corrected chi connectivity index (χ2v) is 8.17. The highest BCUT2D eigenvalue weighted by atomic mass is 32.2. The van der Waals surface area contributed by atoms with E-state index in [2.05, 4.69) is 4.72 Å². The van der Waals surface area contributed by atoms with Crippen LogP contribution >= 0.6 is 11.8 Å². The molecule has 21 heavy (non-hydrogen) atoms. The van der Waals surface area contributed by atoms with Crippen molar-refractivity contribution < 1.29 is 13.2 Å². The Morgan fingerprint density at radius 1 is 1.48 bits per heavy atom. The molecule has 1 aliphatic rings. The van der Waals surface area contributed by atoms with Crippen LogP contribution in [0.25, 0.3) is 0 Å². The van der Waals surface area contributed by atoms with Crippen molar-refractivity contribution in [3.05, 3.63) is 24.3 Å². The molecule has 0 radical (unpaired) electrons. The first-order chi connectivity index (χ1) is 9.98. The van der Waals surface area contributed by atoms with Crippen LogP contribution in [0.3, 0.4) is 0 Å². The minimum absolute atomic E-state index is 0.00260. The molecular weight excluding hydrogens is 308 g/mol. The van der Waals surface area contributed by atoms with Gasteiger partial charge in [0, 0.05) is 29.0 Å². The summed E-state index contributed by atoms with van der Waals surface area (Å²) in [6, 6.07) is 7.29. The summed E-state index contributed by atoms with van der Waals surface area (Å²) in [4.78, 5) is 0.917. The maximum Gasteiger partial charge on any atom is 0.212 e. The van der Waals surface area contributed by atoms with Gasteiger partial charge in [-0.3, -0.25) is 0 Å². The lowest BCUT2D eigenvalue weighted by Crippen LogP contribution is -2.42. The van der Waals surface area contributed by atoms with E-state index in [1.165, 1.54) is 11.8 Å². The average molecular weight is 330 g/mol. The summed E-state index contributed by atoms with van der Waals surface area (Å²) in [7, 11) is -3.29. The van der Waals surface area contributed by atoms with Crippen LogP contribution in [0, 0.1) is 0 Å². The van der Waals surface area contributed by atoms with Crippen molar-refractivity contribution in [1.82, 2.24) is 4.72 Å². The molecule has 3 N–H and O–H groups in total. The van der Waals surface area contributed by atoms with Crippen molar-refractivity contribution in [2.24, 2.45) is 0 Å². The van der Waals surface area contributed by atoms with E-state index in [4.69, 9.17) is 10.5 Å². The Morgan fingerprint density at radius 2 is 2.24 bits per heavy atom. The summed E-state index contributed by atoms with van der Waals surface area (Å²) in [5.74, 6) is 0.546. The number of hydrogen-bond donors (Lipinski definition) is 2. The summed E-state index contributed by atoms with van der Waals surface area (Å²) in [5.41, 5.74) is 6.51. The van der Waals surface area contributed by atoms with Crippen LogP contribution in [0.5, 0.6) is 0 Å². The van der Waals surface area contributed by atoms with Crippen LogP contribution in [0.4, 0.5) is 5.69 Å². The minimum atomic E-state index is -3.29. The van der Waals surface area contributed by atoms with Crippen LogP contribution in [0.2, 0.25) is 0 Å². The van der Waals surface area contributed by atoms with Crippen LogP contribution in [0.1, 0.15) is 19.8 Å². The Bertz CT molecular complexity index is 557. The van der Waals surface area contributed by atoms with Crippen LogP contribution < -0.4 is 10.5 Å². The van der Waals surface area contributed by atoms with Crippen molar-refractivity contribution in [2.75, 3.05) is 23.8 Å². The molecule has 1 aromatic rings. The molecule has 0 bridgehead atoms. The largest absolute Gasteiger partial charge is 0.398 e. The lowest BCUT2D eigenvalue weighted by atomic mass is 10.1. The monoisotopic (exact) mass is 330 g/mol. The summed E-state index contributed by atoms with van der Waals surface area (Å²) < 4.78 is 32.3. The Morgan fingerprint density at radius 3 is 2.90 bits per heavy atom. The van der Waals surface area contributed by atoms with Gasteiger partial charge in [0.25, 0.3) is 0 Å². The standard InChI is InChI=1S/C14H22N2O3S2/c1-11(13-6-4-8-19-13)16-21(17,18)10-9-20-14-7-3-2-5-12(14)15/h2-3,5,7,11,13,16H,4,6,8-10,15H2,1H3. The SMILES string of the molecule is CC(NS(=O)(=O)CCSc1ccccc1N)C1CCCO1. The van der Waals surface area contributed by atoms with E-state index in [0.29, 0.717) is 11.4 Å². The lowest BCUT2D eigenvalue weighted by molar-refractivity contribution is 0.0902. The van der Waals surface area contributed by atoms with Gasteiger partial charge in [-0.1, -0.05) is 12.1 Å². The lowest BCUT2D eigenvalue weighted by Gasteiger charge is -2.19. The predicted octanol–water partition coefficient (Wildman–Crippen LogP) is 1.85. The van der Waals surface area contributed by atoms with Gasteiger partial charge in [-0.25, -0.2) is 13.1 Å². The van der Waals surface area contributed by atoms with E-state index in [1.807, 2.05) is 31.2 Å². The van der Waals surface area contributed by atoms with Crippen molar-refractivity contribution in [1.29, 1.82) is 0 Å². The zero-order valence-corrected chi connectivity index (χ0v) is 13.8. The van der Waals surface area contributed by atoms with E-state index < -0.39 is 10.0 Å². The highest BCUT2D eigenvalue weighted by Gasteiger charge is 2.25. The molecule has 7 heteroatoms. The van der Waals surface area contributed by atoms with Gasteiger partial charge >= 0.3 is 0 Å². The van der Waals surface area contributed by atoms with Crippen molar-refractivity contribution in [3.63, 3.8) is 0 Å². The van der Waals surface area contributed by atoms with E-state index in [1.54, 1.807) is 0 Å². The third-order valence-corrected chi connectivity index (χ3v) is 6.24. The highest BCUT2D eigenvalue weighted by molar-refractivity contribution is 8.00. The number of para-hydroxylation sites is 1. The maximum atomic E-state index is 12.1. The smallest absolute Gasteiger partial charge is 0.212 e. The predicted molar refractivity (Wildman–Crippen MR) is 86.9 cm³/mol. The second kappa shape index (κ2) is 7.49. The minimum Gasteiger partial charge on any atom is -0.398 e. The molecule has 0 aromatic heterocycles. The fraction of sp³-hybridized carbons (Fsp3) is 0.571. The molecule has 1 aliphatic heterocycles. The van der Waals surface area contributed by atoms with Crippen molar-refractivity contribution in [3.8, 4) is 0 Å². The molecule has 0 saturated carbocycles. The Balaban J connectivity index is 1.80. The van der Waals surface area contributed by atoms with E-state index in [0.717, 1.165) is 24.3 Å². The maximum absolute atomic E-state index is 12.1. The van der Waals surface area contributed by atoms with E-state index in [9.17, 15) is 8.42 Å². The Kier molecular flexibility index (Phi) is 5.92. The molecular formula is C14H22N2O3S2. The zero-order chi connectivity index (χ0) is 15.3. The summed E-state index contributed by atoms with van der Waals surface area (Å²) in [6.45, 7) is 2.58. The number of anilines is 1. The second-order valence-electron chi connectivity index (χ2n) is 5.16. The summed E-state index contributed by atoms with van der Waals surface area (Å²) >= 11 is 1.46. The number of nitrogen functional groups attached to an aromatic ring is 1. The first-order valence-corrected chi connectivity index (χ1v) is 9.70. The molecule has 2 rings (SSSR count). The number of sulfonamides is 1. The van der Waals surface area contributed by atoms with Crippen molar-refractivity contribution >= 4 is 27.5 Å². The average Bonchev–Trinajstić information content (AvgIpc) is 2.94. The van der Waals surface area contributed by atoms with E-state index >= 15 is 0 Å².